The third-order valence-corrected chi connectivity index (χ3v) is 13.3. The van der Waals surface area contributed by atoms with Crippen molar-refractivity contribution in [2.75, 3.05) is 45.6 Å². The third kappa shape index (κ3) is 14.0. The van der Waals surface area contributed by atoms with E-state index in [1.165, 1.54) is 31.2 Å². The Morgan fingerprint density at radius 1 is 0.873 bits per heavy atom. The number of ether oxygens (including phenoxy) is 3. The number of anilines is 1. The van der Waals surface area contributed by atoms with E-state index in [-0.39, 0.29) is 74.8 Å². The molecule has 378 valence electrons. The molecule has 2 aliphatic rings. The maximum absolute atomic E-state index is 14.9. The summed E-state index contributed by atoms with van der Waals surface area (Å²) in [5, 5.41) is 12.2. The van der Waals surface area contributed by atoms with Gasteiger partial charge in [-0.25, -0.2) is 0 Å². The average molecular weight is 971 g/mol. The van der Waals surface area contributed by atoms with Crippen molar-refractivity contribution in [3.63, 3.8) is 0 Å². The van der Waals surface area contributed by atoms with Gasteiger partial charge < -0.3 is 47.4 Å². The molecular formula is C55H70N8O8. The first-order valence-corrected chi connectivity index (χ1v) is 25.0. The second-order valence-electron chi connectivity index (χ2n) is 18.7. The monoisotopic (exact) mass is 971 g/mol. The predicted octanol–water partition coefficient (Wildman–Crippen LogP) is 6.72. The summed E-state index contributed by atoms with van der Waals surface area (Å²) in [4.78, 5) is 77.6. The molecule has 3 aromatic carbocycles. The number of ketones is 3. The van der Waals surface area contributed by atoms with Crippen LogP contribution >= 0.6 is 0 Å². The molecule has 1 fully saturated rings. The first-order chi connectivity index (χ1) is 34.3. The molecule has 0 unspecified atom stereocenters. The quantitative estimate of drug-likeness (QED) is 0.0429. The molecule has 1 aliphatic carbocycles. The van der Waals surface area contributed by atoms with Gasteiger partial charge in [-0.15, -0.1) is 0 Å². The fourth-order valence-corrected chi connectivity index (χ4v) is 9.45. The Morgan fingerprint density at radius 2 is 1.54 bits per heavy atom. The molecule has 1 aliphatic heterocycles. The molecule has 4 atom stereocenters. The molecule has 2 amide bonds. The van der Waals surface area contributed by atoms with E-state index in [9.17, 15) is 29.2 Å². The number of likely N-dealkylation sites (N-methyl/N-ethyl adjacent to an activating group) is 1. The molecule has 6 rings (SSSR count). The summed E-state index contributed by atoms with van der Waals surface area (Å²) in [5.41, 5.74) is 28.8. The number of nitrogens with two attached hydrogens (primary N) is 4. The SMILES string of the molecule is Cc1nc(-c2ccc(OC3CCCCC3)cc2)cc(N)c1C(=O)C[C@@H](CCN)C(=O)N(C)[C@@H]1C(=O)C[C@@H](C)C(=O)N[C@H](C(=O)CCC#N)Cc2ccc(OCCCN)c(c2)-c2cc1ccc2OCCCN. The van der Waals surface area contributed by atoms with E-state index in [0.29, 0.717) is 77.7 Å². The lowest BCUT2D eigenvalue weighted by atomic mass is 9.88. The van der Waals surface area contributed by atoms with Gasteiger partial charge in [0.2, 0.25) is 11.8 Å². The largest absolute Gasteiger partial charge is 0.493 e. The van der Waals surface area contributed by atoms with Crippen LogP contribution in [0.3, 0.4) is 0 Å². The minimum atomic E-state index is -1.25. The minimum absolute atomic E-state index is 0.0324. The molecular weight excluding hydrogens is 901 g/mol. The number of nitrogen functional groups attached to an aromatic ring is 1. The number of rotatable bonds is 21. The summed E-state index contributed by atoms with van der Waals surface area (Å²) in [7, 11) is 1.51. The van der Waals surface area contributed by atoms with Gasteiger partial charge in [0.1, 0.15) is 23.3 Å². The van der Waals surface area contributed by atoms with Crippen LogP contribution in [0.2, 0.25) is 0 Å². The summed E-state index contributed by atoms with van der Waals surface area (Å²) < 4.78 is 18.8. The zero-order valence-corrected chi connectivity index (χ0v) is 41.4. The van der Waals surface area contributed by atoms with Crippen molar-refractivity contribution < 1.29 is 38.2 Å². The molecule has 1 saturated carbocycles. The lowest BCUT2D eigenvalue weighted by Gasteiger charge is -2.32. The van der Waals surface area contributed by atoms with Gasteiger partial charge >= 0.3 is 0 Å². The van der Waals surface area contributed by atoms with Gasteiger partial charge in [-0.3, -0.25) is 29.0 Å². The third-order valence-electron chi connectivity index (χ3n) is 13.3. The van der Waals surface area contributed by atoms with Crippen molar-refractivity contribution in [2.24, 2.45) is 29.0 Å². The van der Waals surface area contributed by atoms with Crippen LogP contribution in [0.4, 0.5) is 5.69 Å². The molecule has 0 radical (unpaired) electrons. The Labute approximate surface area is 417 Å². The van der Waals surface area contributed by atoms with Crippen LogP contribution in [0.5, 0.6) is 17.2 Å². The van der Waals surface area contributed by atoms with E-state index in [0.717, 1.165) is 24.2 Å². The molecule has 16 nitrogen and oxygen atoms in total. The van der Waals surface area contributed by atoms with Crippen molar-refractivity contribution in [3.05, 3.63) is 89.1 Å². The number of Topliss-reactive ketones (excluding diaryl/α,β-unsaturated/α-hetero) is 3. The van der Waals surface area contributed by atoms with E-state index in [1.807, 2.05) is 42.5 Å². The standard InChI is InChI=1S/C55H70N8O8/c1-34-28-49(66)53(63(3)55(68)39(21-25-59)32-48(65)52-35(2)61-45(33-44(52)60)37-14-17-41(18-15-37)71-40-10-5-4-6-11-40)38-16-20-51(70-27-9-24-58)43(31-38)42-29-36(13-19-50(42)69-26-8-23-57)30-46(62-54(34)67)47(64)12-7-22-56/h13-20,29,31,33-34,39-40,46,53H,4-12,21,23-28,30,32,57-59H2,1-3H3,(H2,60,61)(H,62,67)/t34-,39-,46+,53+/m1/s1. The lowest BCUT2D eigenvalue weighted by molar-refractivity contribution is -0.142. The minimum Gasteiger partial charge on any atom is -0.493 e. The fraction of sp³-hybridized carbons (Fsp3) is 0.473. The first-order valence-electron chi connectivity index (χ1n) is 25.0. The lowest BCUT2D eigenvalue weighted by Crippen LogP contribution is -2.46. The maximum atomic E-state index is 14.9. The zero-order valence-electron chi connectivity index (χ0n) is 41.4. The highest BCUT2D eigenvalue weighted by Gasteiger charge is 2.36. The smallest absolute Gasteiger partial charge is 0.226 e. The van der Waals surface area contributed by atoms with Crippen LogP contribution in [-0.2, 0) is 25.6 Å². The van der Waals surface area contributed by atoms with Crippen LogP contribution in [-0.4, -0.2) is 91.1 Å². The van der Waals surface area contributed by atoms with Gasteiger partial charge in [-0.1, -0.05) is 25.5 Å². The van der Waals surface area contributed by atoms with Crippen molar-refractivity contribution in [2.45, 2.75) is 116 Å². The number of aryl methyl sites for hydroxylation is 1. The van der Waals surface area contributed by atoms with Gasteiger partial charge in [0.25, 0.3) is 0 Å². The summed E-state index contributed by atoms with van der Waals surface area (Å²) in [6.45, 7) is 4.72. The van der Waals surface area contributed by atoms with Crippen LogP contribution in [0.15, 0.2) is 66.7 Å². The average Bonchev–Trinajstić information content (AvgIpc) is 3.35. The van der Waals surface area contributed by atoms with Crippen molar-refractivity contribution in [1.82, 2.24) is 15.2 Å². The van der Waals surface area contributed by atoms with Crippen molar-refractivity contribution in [1.29, 1.82) is 5.26 Å². The second-order valence-corrected chi connectivity index (χ2v) is 18.7. The van der Waals surface area contributed by atoms with Crippen LogP contribution in [0.25, 0.3) is 22.4 Å². The number of aromatic nitrogens is 1. The number of carbonyl (C=O) groups is 5. The number of pyridine rings is 1. The molecule has 71 heavy (non-hydrogen) atoms. The molecule has 0 spiro atoms. The predicted molar refractivity (Wildman–Crippen MR) is 272 cm³/mol. The normalized spacial score (nSPS) is 17.8. The number of benzene rings is 3. The Kier molecular flexibility index (Phi) is 19.6. The van der Waals surface area contributed by atoms with E-state index >= 15 is 0 Å². The summed E-state index contributed by atoms with van der Waals surface area (Å²) in [5.74, 6) is -2.42. The van der Waals surface area contributed by atoms with Crippen LogP contribution in [0.1, 0.15) is 117 Å². The Bertz CT molecular complexity index is 2530. The van der Waals surface area contributed by atoms with E-state index in [2.05, 4.69) is 5.32 Å². The fourth-order valence-electron chi connectivity index (χ4n) is 9.45. The van der Waals surface area contributed by atoms with E-state index in [4.69, 9.17) is 42.1 Å². The van der Waals surface area contributed by atoms with Gasteiger partial charge in [0.15, 0.2) is 17.3 Å². The number of nitrogens with zero attached hydrogens (tertiary/aromatic N) is 3. The van der Waals surface area contributed by atoms with Crippen LogP contribution in [0, 0.1) is 30.1 Å². The van der Waals surface area contributed by atoms with E-state index in [1.54, 1.807) is 44.2 Å². The number of hydrogen-bond donors (Lipinski definition) is 5. The molecule has 4 aromatic rings. The van der Waals surface area contributed by atoms with Gasteiger partial charge in [0.05, 0.1) is 48.4 Å². The molecule has 4 bridgehead atoms. The topological polar surface area (TPSA) is 269 Å². The molecule has 16 heteroatoms. The molecule has 1 aromatic heterocycles. The van der Waals surface area contributed by atoms with Gasteiger partial charge in [-0.05, 0) is 144 Å². The molecule has 0 saturated heterocycles. The molecule has 9 N–H and O–H groups in total. The highest BCUT2D eigenvalue weighted by molar-refractivity contribution is 6.04. The van der Waals surface area contributed by atoms with E-state index < -0.39 is 47.3 Å². The maximum Gasteiger partial charge on any atom is 0.226 e. The van der Waals surface area contributed by atoms with Crippen molar-refractivity contribution >= 4 is 34.9 Å². The zero-order chi connectivity index (χ0) is 51.0. The Balaban J connectivity index is 1.35. The molecule has 2 heterocycles. The summed E-state index contributed by atoms with van der Waals surface area (Å²) in [6.07, 6.45) is 6.52. The summed E-state index contributed by atoms with van der Waals surface area (Å²) >= 11 is 0. The number of nitrogens with one attached hydrogen (secondary N) is 1. The Morgan fingerprint density at radius 3 is 2.17 bits per heavy atom. The number of amides is 2. The Hall–Kier alpha value is -6.67. The van der Waals surface area contributed by atoms with Gasteiger partial charge in [-0.2, -0.15) is 5.26 Å². The number of fused-ring (bicyclic) bond motifs is 5. The highest BCUT2D eigenvalue weighted by Crippen LogP contribution is 2.41. The number of carbonyl (C=O) groups excluding carboxylic acids is 5. The first kappa shape index (κ1) is 53.7. The van der Waals surface area contributed by atoms with Crippen molar-refractivity contribution in [3.8, 4) is 45.7 Å². The summed E-state index contributed by atoms with van der Waals surface area (Å²) in [6, 6.07) is 19.7. The van der Waals surface area contributed by atoms with Gasteiger partial charge in [0, 0.05) is 66.9 Å². The number of nitriles is 1. The number of hydrogen-bond acceptors (Lipinski definition) is 14. The van der Waals surface area contributed by atoms with Crippen LogP contribution < -0.4 is 42.5 Å². The second kappa shape index (κ2) is 26.0. The highest BCUT2D eigenvalue weighted by atomic mass is 16.5.